The molecule has 0 radical (unpaired) electrons. The van der Waals surface area contributed by atoms with Gasteiger partial charge in [0.15, 0.2) is 0 Å². The van der Waals surface area contributed by atoms with Crippen molar-refractivity contribution in [2.75, 3.05) is 0 Å². The van der Waals surface area contributed by atoms with Crippen LogP contribution in [0.4, 0.5) is 0 Å². The number of hydrogen-bond acceptors (Lipinski definition) is 4. The van der Waals surface area contributed by atoms with Gasteiger partial charge in [-0.05, 0) is 55.0 Å². The number of benzene rings is 1. The predicted molar refractivity (Wildman–Crippen MR) is 84.9 cm³/mol. The first-order valence-electron chi connectivity index (χ1n) is 6.62. The molecule has 1 heterocycles. The minimum atomic E-state index is -3.63. The Kier molecular flexibility index (Phi) is 4.83. The molecule has 0 amide bonds. The molecule has 1 aromatic heterocycles. The van der Waals surface area contributed by atoms with Crippen molar-refractivity contribution in [3.05, 3.63) is 51.2 Å². The van der Waals surface area contributed by atoms with Gasteiger partial charge >= 0.3 is 0 Å². The highest BCUT2D eigenvalue weighted by atomic mass is 32.2. The van der Waals surface area contributed by atoms with E-state index in [1.165, 1.54) is 17.4 Å². The summed E-state index contributed by atoms with van der Waals surface area (Å²) >= 11 is 1.51. The average Bonchev–Trinajstić information content (AvgIpc) is 2.95. The summed E-state index contributed by atoms with van der Waals surface area (Å²) in [5, 5.41) is 11.2. The van der Waals surface area contributed by atoms with E-state index in [0.29, 0.717) is 11.1 Å². The predicted octanol–water partition coefficient (Wildman–Crippen LogP) is 2.90. The minimum absolute atomic E-state index is 0.176. The van der Waals surface area contributed by atoms with Crippen LogP contribution in [0, 0.1) is 13.8 Å². The number of hydrogen-bond donors (Lipinski definition) is 2. The first-order valence-corrected chi connectivity index (χ1v) is 8.98. The molecule has 0 aliphatic rings. The first-order chi connectivity index (χ1) is 9.85. The van der Waals surface area contributed by atoms with E-state index in [1.807, 2.05) is 31.4 Å². The Balaban J connectivity index is 2.38. The van der Waals surface area contributed by atoms with E-state index in [2.05, 4.69) is 4.72 Å². The van der Waals surface area contributed by atoms with E-state index in [4.69, 9.17) is 0 Å². The molecule has 4 nitrogen and oxygen atoms in total. The molecule has 1 aromatic carbocycles. The Bertz CT molecular complexity index is 722. The number of aliphatic hydroxyl groups is 1. The SMILES string of the molecule is Cc1cc(CO)cc(S(=O)(=O)NC(C)c2cccs2)c1C. The second-order valence-electron chi connectivity index (χ2n) is 5.05. The topological polar surface area (TPSA) is 66.4 Å². The fourth-order valence-electron chi connectivity index (χ4n) is 2.16. The van der Waals surface area contributed by atoms with E-state index < -0.39 is 10.0 Å². The highest BCUT2D eigenvalue weighted by Crippen LogP contribution is 2.25. The quantitative estimate of drug-likeness (QED) is 0.888. The summed E-state index contributed by atoms with van der Waals surface area (Å²) in [5.41, 5.74) is 2.16. The summed E-state index contributed by atoms with van der Waals surface area (Å²) in [4.78, 5) is 1.20. The highest BCUT2D eigenvalue weighted by Gasteiger charge is 2.22. The molecular formula is C15H19NO3S2. The molecule has 114 valence electrons. The Morgan fingerprint density at radius 2 is 2.05 bits per heavy atom. The van der Waals surface area contributed by atoms with E-state index in [1.54, 1.807) is 13.0 Å². The van der Waals surface area contributed by atoms with Crippen LogP contribution in [-0.4, -0.2) is 13.5 Å². The maximum Gasteiger partial charge on any atom is 0.241 e. The maximum atomic E-state index is 12.6. The lowest BCUT2D eigenvalue weighted by Crippen LogP contribution is -2.27. The molecule has 0 saturated heterocycles. The van der Waals surface area contributed by atoms with Crippen LogP contribution in [0.3, 0.4) is 0 Å². The minimum Gasteiger partial charge on any atom is -0.392 e. The van der Waals surface area contributed by atoms with Gasteiger partial charge in [0.2, 0.25) is 10.0 Å². The Hall–Kier alpha value is -1.21. The molecule has 0 aliphatic heterocycles. The van der Waals surface area contributed by atoms with E-state index >= 15 is 0 Å². The van der Waals surface area contributed by atoms with Gasteiger partial charge in [0.05, 0.1) is 17.5 Å². The zero-order valence-corrected chi connectivity index (χ0v) is 13.9. The molecule has 6 heteroatoms. The molecule has 2 N–H and O–H groups in total. The first kappa shape index (κ1) is 16.2. The van der Waals surface area contributed by atoms with E-state index in [9.17, 15) is 13.5 Å². The van der Waals surface area contributed by atoms with Crippen LogP contribution in [0.25, 0.3) is 0 Å². The van der Waals surface area contributed by atoms with Crippen molar-refractivity contribution in [3.63, 3.8) is 0 Å². The zero-order valence-electron chi connectivity index (χ0n) is 12.3. The summed E-state index contributed by atoms with van der Waals surface area (Å²) in [6, 6.07) is 6.85. The van der Waals surface area contributed by atoms with Crippen LogP contribution in [-0.2, 0) is 16.6 Å². The molecule has 21 heavy (non-hydrogen) atoms. The highest BCUT2D eigenvalue weighted by molar-refractivity contribution is 7.89. The van der Waals surface area contributed by atoms with Crippen molar-refractivity contribution in [3.8, 4) is 0 Å². The number of rotatable bonds is 5. The number of aliphatic hydroxyl groups excluding tert-OH is 1. The number of nitrogens with one attached hydrogen (secondary N) is 1. The Morgan fingerprint density at radius 1 is 1.33 bits per heavy atom. The average molecular weight is 325 g/mol. The molecule has 0 aliphatic carbocycles. The fourth-order valence-corrected chi connectivity index (χ4v) is 4.56. The number of sulfonamides is 1. The second kappa shape index (κ2) is 6.27. The standard InChI is InChI=1S/C15H19NO3S2/c1-10-7-13(9-17)8-15(11(10)2)21(18,19)16-12(3)14-5-4-6-20-14/h4-8,12,16-17H,9H2,1-3H3. The van der Waals surface area contributed by atoms with Gasteiger partial charge < -0.3 is 5.11 Å². The summed E-state index contributed by atoms with van der Waals surface area (Å²) < 4.78 is 27.9. The van der Waals surface area contributed by atoms with E-state index in [-0.39, 0.29) is 17.5 Å². The Morgan fingerprint density at radius 3 is 2.62 bits per heavy atom. The van der Waals surface area contributed by atoms with Gasteiger partial charge in [-0.3, -0.25) is 0 Å². The van der Waals surface area contributed by atoms with Crippen molar-refractivity contribution in [2.45, 2.75) is 38.3 Å². The third-order valence-corrected chi connectivity index (χ3v) is 6.18. The third kappa shape index (κ3) is 3.52. The van der Waals surface area contributed by atoms with Crippen LogP contribution < -0.4 is 4.72 Å². The summed E-state index contributed by atoms with van der Waals surface area (Å²) in [6.45, 7) is 5.27. The smallest absolute Gasteiger partial charge is 0.241 e. The molecule has 1 unspecified atom stereocenters. The molecule has 1 atom stereocenters. The van der Waals surface area contributed by atoms with E-state index in [0.717, 1.165) is 10.4 Å². The maximum absolute atomic E-state index is 12.6. The second-order valence-corrected chi connectivity index (χ2v) is 7.71. The third-order valence-electron chi connectivity index (χ3n) is 3.45. The monoisotopic (exact) mass is 325 g/mol. The van der Waals surface area contributed by atoms with Crippen molar-refractivity contribution in [1.82, 2.24) is 4.72 Å². The van der Waals surface area contributed by atoms with Crippen LogP contribution >= 0.6 is 11.3 Å². The number of aryl methyl sites for hydroxylation is 1. The molecule has 0 spiro atoms. The number of thiophene rings is 1. The zero-order chi connectivity index (χ0) is 15.6. The lowest BCUT2D eigenvalue weighted by atomic mass is 10.1. The fraction of sp³-hybridized carbons (Fsp3) is 0.333. The molecular weight excluding hydrogens is 306 g/mol. The van der Waals surface area contributed by atoms with Gasteiger partial charge in [-0.15, -0.1) is 11.3 Å². The molecule has 2 aromatic rings. The lowest BCUT2D eigenvalue weighted by molar-refractivity contribution is 0.281. The Labute approximate surface area is 129 Å². The van der Waals surface area contributed by atoms with Crippen LogP contribution in [0.5, 0.6) is 0 Å². The molecule has 2 rings (SSSR count). The van der Waals surface area contributed by atoms with Crippen LogP contribution in [0.2, 0.25) is 0 Å². The summed E-state index contributed by atoms with van der Waals surface area (Å²) in [7, 11) is -3.63. The summed E-state index contributed by atoms with van der Waals surface area (Å²) in [6.07, 6.45) is 0. The lowest BCUT2D eigenvalue weighted by Gasteiger charge is -2.16. The summed E-state index contributed by atoms with van der Waals surface area (Å²) in [5.74, 6) is 0. The van der Waals surface area contributed by atoms with Crippen LogP contribution in [0.15, 0.2) is 34.5 Å². The molecule has 0 bridgehead atoms. The molecule has 0 fully saturated rings. The van der Waals surface area contributed by atoms with Gasteiger partial charge in [0.1, 0.15) is 0 Å². The van der Waals surface area contributed by atoms with Gasteiger partial charge in [0.25, 0.3) is 0 Å². The van der Waals surface area contributed by atoms with Crippen molar-refractivity contribution < 1.29 is 13.5 Å². The van der Waals surface area contributed by atoms with Gasteiger partial charge in [0, 0.05) is 4.88 Å². The molecule has 0 saturated carbocycles. The van der Waals surface area contributed by atoms with Crippen molar-refractivity contribution in [1.29, 1.82) is 0 Å². The van der Waals surface area contributed by atoms with Crippen molar-refractivity contribution in [2.24, 2.45) is 0 Å². The van der Waals surface area contributed by atoms with Gasteiger partial charge in [-0.2, -0.15) is 0 Å². The normalized spacial score (nSPS) is 13.3. The van der Waals surface area contributed by atoms with Gasteiger partial charge in [-0.1, -0.05) is 12.1 Å². The van der Waals surface area contributed by atoms with Gasteiger partial charge in [-0.25, -0.2) is 13.1 Å². The van der Waals surface area contributed by atoms with Crippen molar-refractivity contribution >= 4 is 21.4 Å². The van der Waals surface area contributed by atoms with Crippen LogP contribution in [0.1, 0.15) is 34.5 Å². The largest absolute Gasteiger partial charge is 0.392 e.